The predicted molar refractivity (Wildman–Crippen MR) is 91.1 cm³/mol. The maximum Gasteiger partial charge on any atom is 0.416 e. The number of aliphatic hydroxyl groups excluding tert-OH is 1. The Bertz CT molecular complexity index is 768. The molecule has 2 N–H and O–H groups in total. The third-order valence-corrected chi connectivity index (χ3v) is 4.64. The third kappa shape index (κ3) is 4.89. The Labute approximate surface area is 160 Å². The van der Waals surface area contributed by atoms with Crippen molar-refractivity contribution in [2.75, 3.05) is 13.7 Å². The van der Waals surface area contributed by atoms with Gasteiger partial charge in [0, 0.05) is 6.54 Å². The number of methoxy groups -OCH3 is 1. The number of aromatic nitrogens is 2. The van der Waals surface area contributed by atoms with Gasteiger partial charge in [-0.2, -0.15) is 18.3 Å². The predicted octanol–water partition coefficient (Wildman–Crippen LogP) is 3.40. The van der Waals surface area contributed by atoms with Gasteiger partial charge in [-0.15, -0.1) is 0 Å². The van der Waals surface area contributed by atoms with Crippen LogP contribution in [0.1, 0.15) is 16.1 Å². The van der Waals surface area contributed by atoms with Gasteiger partial charge in [0.15, 0.2) is 6.10 Å². The topological polar surface area (TPSA) is 78.5 Å². The van der Waals surface area contributed by atoms with Crippen molar-refractivity contribution in [1.82, 2.24) is 15.1 Å². The lowest BCUT2D eigenvalue weighted by Gasteiger charge is -2.26. The van der Waals surface area contributed by atoms with Crippen molar-refractivity contribution in [2.24, 2.45) is 0 Å². The quantitative estimate of drug-likeness (QED) is 0.698. The van der Waals surface area contributed by atoms with Crippen LogP contribution in [0.25, 0.3) is 0 Å². The van der Waals surface area contributed by atoms with Gasteiger partial charge in [-0.1, -0.05) is 23.7 Å². The van der Waals surface area contributed by atoms with Crippen LogP contribution in [0.15, 0.2) is 28.9 Å². The van der Waals surface area contributed by atoms with E-state index in [1.165, 1.54) is 7.11 Å². The average Bonchev–Trinajstić information content (AvgIpc) is 2.92. The number of ether oxygens (including phenoxy) is 1. The molecule has 11 heteroatoms. The summed E-state index contributed by atoms with van der Waals surface area (Å²) in [6.07, 6.45) is -7.56. The van der Waals surface area contributed by atoms with E-state index in [9.17, 15) is 23.1 Å². The Balaban J connectivity index is 2.28. The van der Waals surface area contributed by atoms with Crippen molar-refractivity contribution in [3.05, 3.63) is 45.1 Å². The van der Waals surface area contributed by atoms with E-state index in [4.69, 9.17) is 16.3 Å². The summed E-state index contributed by atoms with van der Waals surface area (Å²) in [5.74, 6) is -0.269. The van der Waals surface area contributed by atoms with E-state index in [-0.39, 0.29) is 21.9 Å². The first kappa shape index (κ1) is 20.5. The number of aromatic amines is 1. The molecule has 1 amide bonds. The summed E-state index contributed by atoms with van der Waals surface area (Å²) in [6.45, 7) is -1.13. The molecule has 0 aliphatic heterocycles. The molecule has 0 bridgehead atoms. The maximum absolute atomic E-state index is 12.7. The van der Waals surface area contributed by atoms with Gasteiger partial charge in [-0.3, -0.25) is 9.89 Å². The number of benzene rings is 1. The Kier molecular flexibility index (Phi) is 6.53. The zero-order valence-corrected chi connectivity index (χ0v) is 15.7. The van der Waals surface area contributed by atoms with Crippen LogP contribution in [0.3, 0.4) is 0 Å². The van der Waals surface area contributed by atoms with Crippen LogP contribution in [0.5, 0.6) is 5.75 Å². The molecule has 0 saturated heterocycles. The summed E-state index contributed by atoms with van der Waals surface area (Å²) in [4.78, 5) is 13.5. The number of carbonyl (C=O) groups excluding carboxylic acids is 1. The summed E-state index contributed by atoms with van der Waals surface area (Å²) in [6, 6.07) is 6.42. The largest absolute Gasteiger partial charge is 0.497 e. The van der Waals surface area contributed by atoms with Gasteiger partial charge in [-0.05, 0) is 33.6 Å². The van der Waals surface area contributed by atoms with Gasteiger partial charge >= 0.3 is 6.18 Å². The number of hydrogen-bond acceptors (Lipinski definition) is 4. The minimum Gasteiger partial charge on any atom is -0.497 e. The zero-order valence-electron chi connectivity index (χ0n) is 13.3. The minimum atomic E-state index is -4.86. The van der Waals surface area contributed by atoms with Crippen molar-refractivity contribution >= 4 is 33.4 Å². The van der Waals surface area contributed by atoms with Crippen LogP contribution in [0, 0.1) is 0 Å². The highest BCUT2D eigenvalue weighted by molar-refractivity contribution is 9.10. The van der Waals surface area contributed by atoms with Crippen LogP contribution in [-0.2, 0) is 6.54 Å². The van der Waals surface area contributed by atoms with E-state index >= 15 is 0 Å². The number of amides is 1. The van der Waals surface area contributed by atoms with Crippen LogP contribution < -0.4 is 4.74 Å². The lowest BCUT2D eigenvalue weighted by atomic mass is 10.2. The van der Waals surface area contributed by atoms with Gasteiger partial charge in [0.25, 0.3) is 5.91 Å². The lowest BCUT2D eigenvalue weighted by molar-refractivity contribution is -0.206. The van der Waals surface area contributed by atoms with Gasteiger partial charge in [0.2, 0.25) is 0 Å². The van der Waals surface area contributed by atoms with Crippen LogP contribution in [0.4, 0.5) is 13.2 Å². The highest BCUT2D eigenvalue weighted by Crippen LogP contribution is 2.26. The number of rotatable bonds is 6. The van der Waals surface area contributed by atoms with Crippen molar-refractivity contribution in [2.45, 2.75) is 18.8 Å². The molecule has 6 nitrogen and oxygen atoms in total. The molecule has 2 rings (SSSR count). The highest BCUT2D eigenvalue weighted by atomic mass is 79.9. The fourth-order valence-corrected chi connectivity index (χ4v) is 2.54. The first-order valence-corrected chi connectivity index (χ1v) is 8.37. The fourth-order valence-electron chi connectivity index (χ4n) is 2.09. The van der Waals surface area contributed by atoms with Crippen LogP contribution >= 0.6 is 27.5 Å². The SMILES string of the molecule is COc1ccc(CN(CC(O)C(F)(F)F)C(=O)c2[nH]nc(Br)c2Cl)cc1. The van der Waals surface area contributed by atoms with Crippen LogP contribution in [-0.4, -0.2) is 52.0 Å². The van der Waals surface area contributed by atoms with Crippen molar-refractivity contribution in [3.8, 4) is 5.75 Å². The second kappa shape index (κ2) is 8.28. The summed E-state index contributed by atoms with van der Waals surface area (Å²) < 4.78 is 43.4. The second-order valence-electron chi connectivity index (χ2n) is 5.29. The number of aliphatic hydroxyl groups is 1. The molecule has 26 heavy (non-hydrogen) atoms. The number of H-pyrrole nitrogens is 1. The molecule has 0 radical (unpaired) electrons. The van der Waals surface area contributed by atoms with Crippen molar-refractivity contribution in [3.63, 3.8) is 0 Å². The molecule has 0 fully saturated rings. The summed E-state index contributed by atoms with van der Waals surface area (Å²) in [5.41, 5.74) is 0.365. The average molecular weight is 457 g/mol. The molecular weight excluding hydrogens is 443 g/mol. The summed E-state index contributed by atoms with van der Waals surface area (Å²) in [5, 5.41) is 15.4. The second-order valence-corrected chi connectivity index (χ2v) is 6.42. The van der Waals surface area contributed by atoms with Gasteiger partial charge in [0.1, 0.15) is 21.1 Å². The number of alkyl halides is 3. The maximum atomic E-state index is 12.7. The van der Waals surface area contributed by atoms with E-state index in [0.29, 0.717) is 11.3 Å². The molecule has 142 valence electrons. The summed E-state index contributed by atoms with van der Waals surface area (Å²) in [7, 11) is 1.47. The number of nitrogens with zero attached hydrogens (tertiary/aromatic N) is 2. The van der Waals surface area contributed by atoms with Crippen LogP contribution in [0.2, 0.25) is 5.02 Å². The van der Waals surface area contributed by atoms with Gasteiger partial charge in [0.05, 0.1) is 13.7 Å². The molecular formula is C15H14BrClF3N3O3. The molecule has 1 aromatic carbocycles. The normalized spacial score (nSPS) is 12.7. The molecule has 2 aromatic rings. The molecule has 0 saturated carbocycles. The first-order valence-electron chi connectivity index (χ1n) is 7.19. The van der Waals surface area contributed by atoms with Gasteiger partial charge < -0.3 is 14.7 Å². The lowest BCUT2D eigenvalue weighted by Crippen LogP contribution is -2.43. The Morgan fingerprint density at radius 3 is 2.50 bits per heavy atom. The molecule has 0 spiro atoms. The monoisotopic (exact) mass is 455 g/mol. The Morgan fingerprint density at radius 2 is 2.04 bits per heavy atom. The molecule has 0 aliphatic rings. The van der Waals surface area contributed by atoms with Gasteiger partial charge in [-0.25, -0.2) is 0 Å². The Morgan fingerprint density at radius 1 is 1.42 bits per heavy atom. The van der Waals surface area contributed by atoms with E-state index < -0.39 is 24.7 Å². The third-order valence-electron chi connectivity index (χ3n) is 3.47. The minimum absolute atomic E-state index is 0.0590. The first-order chi connectivity index (χ1) is 12.1. The zero-order chi connectivity index (χ0) is 19.5. The van der Waals surface area contributed by atoms with E-state index in [1.807, 2.05) is 0 Å². The molecule has 0 aliphatic carbocycles. The molecule has 1 heterocycles. The molecule has 1 aromatic heterocycles. The molecule has 1 atom stereocenters. The smallest absolute Gasteiger partial charge is 0.416 e. The number of nitrogens with one attached hydrogen (secondary N) is 1. The highest BCUT2D eigenvalue weighted by Gasteiger charge is 2.40. The van der Waals surface area contributed by atoms with E-state index in [2.05, 4.69) is 26.1 Å². The standard InChI is InChI=1S/C15H14BrClF3N3O3/c1-26-9-4-2-8(3-5-9)6-23(7-10(24)15(18,19)20)14(25)12-11(17)13(16)22-21-12/h2-5,10,24H,6-7H2,1H3,(H,21,22). The number of carbonyl (C=O) groups is 1. The van der Waals surface area contributed by atoms with Crippen molar-refractivity contribution < 1.29 is 27.8 Å². The fraction of sp³-hybridized carbons (Fsp3) is 0.333. The number of hydrogen-bond donors (Lipinski definition) is 2. The Hall–Kier alpha value is -1.78. The number of halogens is 5. The summed E-state index contributed by atoms with van der Waals surface area (Å²) >= 11 is 8.94. The molecule has 1 unspecified atom stereocenters. The van der Waals surface area contributed by atoms with E-state index in [1.54, 1.807) is 24.3 Å². The van der Waals surface area contributed by atoms with Crippen molar-refractivity contribution in [1.29, 1.82) is 0 Å². The van der Waals surface area contributed by atoms with E-state index in [0.717, 1.165) is 4.90 Å².